The quantitative estimate of drug-likeness (QED) is 0.188. The number of piperidine rings is 1. The third-order valence-corrected chi connectivity index (χ3v) is 9.91. The van der Waals surface area contributed by atoms with Gasteiger partial charge in [0.05, 0.1) is 26.5 Å². The molecule has 8 nitrogen and oxygen atoms in total. The van der Waals surface area contributed by atoms with E-state index in [-0.39, 0.29) is 36.3 Å². The minimum atomic E-state index is -0.845. The molecule has 240 valence electrons. The van der Waals surface area contributed by atoms with E-state index in [9.17, 15) is 14.0 Å². The third-order valence-electron chi connectivity index (χ3n) is 8.99. The van der Waals surface area contributed by atoms with Crippen LogP contribution in [0.3, 0.4) is 0 Å². The number of nitrogens with one attached hydrogen (secondary N) is 1. The van der Waals surface area contributed by atoms with Gasteiger partial charge in [-0.1, -0.05) is 30.3 Å². The Morgan fingerprint density at radius 3 is 2.43 bits per heavy atom. The zero-order valence-electron chi connectivity index (χ0n) is 26.6. The van der Waals surface area contributed by atoms with E-state index in [1.807, 2.05) is 87.2 Å². The summed E-state index contributed by atoms with van der Waals surface area (Å²) in [5.74, 6) is 0.499. The molecule has 0 spiro atoms. The number of carbonyl (C=O) groups is 2. The maximum atomic E-state index is 13.8. The number of fused-ring (bicyclic) bond motifs is 2. The first-order valence-corrected chi connectivity index (χ1v) is 16.5. The van der Waals surface area contributed by atoms with E-state index in [2.05, 4.69) is 10.3 Å². The fourth-order valence-corrected chi connectivity index (χ4v) is 7.29. The van der Waals surface area contributed by atoms with Crippen molar-refractivity contribution in [2.24, 2.45) is 11.8 Å². The molecule has 0 radical (unpaired) electrons. The third kappa shape index (κ3) is 6.42. The fraction of sp³-hybridized carbons (Fsp3) is 0.297. The van der Waals surface area contributed by atoms with Crippen LogP contribution in [0.2, 0.25) is 0 Å². The minimum Gasteiger partial charge on any atom is -0.474 e. The van der Waals surface area contributed by atoms with Crippen LogP contribution in [0.15, 0.2) is 78.9 Å². The van der Waals surface area contributed by atoms with Crippen LogP contribution < -0.4 is 10.1 Å². The average Bonchev–Trinajstić information content (AvgIpc) is 3.34. The Morgan fingerprint density at radius 2 is 1.70 bits per heavy atom. The highest BCUT2D eigenvalue weighted by Crippen LogP contribution is 2.48. The van der Waals surface area contributed by atoms with Gasteiger partial charge in [0.1, 0.15) is 18.5 Å². The highest BCUT2D eigenvalue weighted by atomic mass is 32.1. The lowest BCUT2D eigenvalue weighted by atomic mass is 9.93. The second-order valence-electron chi connectivity index (χ2n) is 12.9. The number of alkyl carbamates (subject to hydrolysis) is 1. The number of aromatic nitrogens is 2. The molecule has 3 heterocycles. The Hall–Kier alpha value is -4.83. The highest BCUT2D eigenvalue weighted by Gasteiger charge is 2.59. The van der Waals surface area contributed by atoms with Gasteiger partial charge in [-0.3, -0.25) is 4.79 Å². The van der Waals surface area contributed by atoms with E-state index in [1.54, 1.807) is 23.5 Å². The summed E-state index contributed by atoms with van der Waals surface area (Å²) in [6, 6.07) is 23.2. The van der Waals surface area contributed by atoms with Crippen LogP contribution in [-0.4, -0.2) is 46.1 Å². The fourth-order valence-electron chi connectivity index (χ4n) is 6.35. The summed E-state index contributed by atoms with van der Waals surface area (Å²) in [7, 11) is 0. The number of pyridine rings is 1. The van der Waals surface area contributed by atoms with Crippen molar-refractivity contribution >= 4 is 33.6 Å². The number of likely N-dealkylation sites (tertiary alicyclic amines) is 1. The molecule has 1 unspecified atom stereocenters. The first-order valence-electron chi connectivity index (χ1n) is 15.7. The lowest BCUT2D eigenvalue weighted by Crippen LogP contribution is -2.41. The van der Waals surface area contributed by atoms with Gasteiger partial charge < -0.3 is 19.7 Å². The number of rotatable bonds is 8. The normalized spacial score (nSPS) is 18.6. The topological polar surface area (TPSA) is 93.7 Å². The number of carbonyl (C=O) groups excluding carboxylic acids is 2. The molecule has 3 aromatic carbocycles. The molecule has 1 aliphatic carbocycles. The number of ether oxygens (including phenoxy) is 2. The predicted octanol–water partition coefficient (Wildman–Crippen LogP) is 7.43. The van der Waals surface area contributed by atoms with Crippen molar-refractivity contribution in [3.63, 3.8) is 0 Å². The molecular formula is C37H35FN4O4S. The number of hydrogen-bond acceptors (Lipinski definition) is 7. The van der Waals surface area contributed by atoms with Crippen LogP contribution >= 0.6 is 11.3 Å². The van der Waals surface area contributed by atoms with Crippen molar-refractivity contribution in [1.29, 1.82) is 0 Å². The van der Waals surface area contributed by atoms with Gasteiger partial charge in [0.25, 0.3) is 5.91 Å². The van der Waals surface area contributed by atoms with E-state index in [1.165, 1.54) is 12.1 Å². The van der Waals surface area contributed by atoms with Crippen molar-refractivity contribution in [1.82, 2.24) is 20.2 Å². The molecule has 0 bridgehead atoms. The number of thiazole rings is 1. The number of amides is 2. The summed E-state index contributed by atoms with van der Waals surface area (Å²) in [5, 5.41) is 3.95. The molecule has 2 fully saturated rings. The first kappa shape index (κ1) is 30.8. The van der Waals surface area contributed by atoms with Crippen LogP contribution in [0, 0.1) is 31.5 Å². The summed E-state index contributed by atoms with van der Waals surface area (Å²) in [5.41, 5.74) is 4.76. The number of halogens is 1. The van der Waals surface area contributed by atoms with Crippen LogP contribution in [-0.2, 0) is 16.9 Å². The number of aryl methyl sites for hydroxylation is 2. The SMILES string of the molecule is Cc1nc2c(C)cc(C(=O)N3C[C@@H]4C(Oc5cc(C(C)(C)NC(=O)OCc6ccccc6)cc(-c6ccc(F)cc6)n5)[C@@H]4C3)cc2s1. The smallest absolute Gasteiger partial charge is 0.408 e. The molecule has 1 saturated heterocycles. The van der Waals surface area contributed by atoms with Crippen molar-refractivity contribution in [2.45, 2.75) is 45.9 Å². The number of benzene rings is 3. The molecule has 2 aromatic heterocycles. The van der Waals surface area contributed by atoms with Crippen molar-refractivity contribution in [3.8, 4) is 17.1 Å². The molecule has 2 aliphatic rings. The van der Waals surface area contributed by atoms with Gasteiger partial charge in [-0.05, 0) is 86.8 Å². The Labute approximate surface area is 276 Å². The molecule has 10 heteroatoms. The zero-order valence-corrected chi connectivity index (χ0v) is 27.4. The summed E-state index contributed by atoms with van der Waals surface area (Å²) < 4.78 is 26.7. The zero-order chi connectivity index (χ0) is 32.9. The summed E-state index contributed by atoms with van der Waals surface area (Å²) >= 11 is 1.60. The number of hydrogen-bond donors (Lipinski definition) is 1. The van der Waals surface area contributed by atoms with Gasteiger partial charge in [-0.15, -0.1) is 11.3 Å². The average molecular weight is 651 g/mol. The molecule has 1 aliphatic heterocycles. The predicted molar refractivity (Wildman–Crippen MR) is 179 cm³/mol. The number of nitrogens with zero attached hydrogens (tertiary/aromatic N) is 3. The Morgan fingerprint density at radius 1 is 0.979 bits per heavy atom. The molecule has 5 aromatic rings. The maximum Gasteiger partial charge on any atom is 0.408 e. The summed E-state index contributed by atoms with van der Waals surface area (Å²) in [6.07, 6.45) is -0.633. The summed E-state index contributed by atoms with van der Waals surface area (Å²) in [6.45, 7) is 9.10. The van der Waals surface area contributed by atoms with E-state index in [0.717, 1.165) is 37.5 Å². The molecular weight excluding hydrogens is 615 g/mol. The standard InChI is InChI=1S/C37H35FN4O4S/c1-21-14-25(15-31-33(21)39-22(2)47-31)35(43)42-18-28-29(19-42)34(28)46-32-17-26(16-30(40-32)24-10-12-27(38)13-11-24)37(3,4)41-36(44)45-20-23-8-6-5-7-9-23/h5-17,28-29,34H,18-20H2,1-4H3,(H,41,44)/t28-,29+,34?. The lowest BCUT2D eigenvalue weighted by molar-refractivity contribution is 0.0751. The largest absolute Gasteiger partial charge is 0.474 e. The van der Waals surface area contributed by atoms with Crippen molar-refractivity contribution in [2.75, 3.05) is 13.1 Å². The van der Waals surface area contributed by atoms with Crippen LogP contribution in [0.1, 0.15) is 45.9 Å². The van der Waals surface area contributed by atoms with Gasteiger partial charge in [0.15, 0.2) is 0 Å². The molecule has 2 amide bonds. The van der Waals surface area contributed by atoms with Gasteiger partial charge >= 0.3 is 6.09 Å². The van der Waals surface area contributed by atoms with Crippen molar-refractivity contribution in [3.05, 3.63) is 112 Å². The van der Waals surface area contributed by atoms with Gasteiger partial charge in [0.2, 0.25) is 5.88 Å². The first-order chi connectivity index (χ1) is 22.5. The minimum absolute atomic E-state index is 0.0256. The Balaban J connectivity index is 1.06. The molecule has 1 saturated carbocycles. The van der Waals surface area contributed by atoms with Gasteiger partial charge in [-0.25, -0.2) is 19.2 Å². The van der Waals surface area contributed by atoms with Crippen molar-refractivity contribution < 1.29 is 23.5 Å². The monoisotopic (exact) mass is 650 g/mol. The second-order valence-corrected chi connectivity index (χ2v) is 14.1. The maximum absolute atomic E-state index is 13.8. The Kier molecular flexibility index (Phi) is 7.91. The molecule has 47 heavy (non-hydrogen) atoms. The van der Waals surface area contributed by atoms with E-state index in [0.29, 0.717) is 30.2 Å². The lowest BCUT2D eigenvalue weighted by Gasteiger charge is -2.27. The van der Waals surface area contributed by atoms with E-state index in [4.69, 9.17) is 14.5 Å². The Bertz CT molecular complexity index is 1970. The van der Waals surface area contributed by atoms with E-state index >= 15 is 0 Å². The molecule has 1 N–H and O–H groups in total. The molecule has 3 atom stereocenters. The molecule has 7 rings (SSSR count). The van der Waals surface area contributed by atoms with Gasteiger partial charge in [0, 0.05) is 42.1 Å². The van der Waals surface area contributed by atoms with Crippen LogP contribution in [0.4, 0.5) is 9.18 Å². The van der Waals surface area contributed by atoms with Gasteiger partial charge in [-0.2, -0.15) is 0 Å². The van der Waals surface area contributed by atoms with Crippen LogP contribution in [0.5, 0.6) is 5.88 Å². The van der Waals surface area contributed by atoms with Crippen LogP contribution in [0.25, 0.3) is 21.5 Å². The van der Waals surface area contributed by atoms with E-state index < -0.39 is 11.6 Å². The highest BCUT2D eigenvalue weighted by molar-refractivity contribution is 7.18. The second kappa shape index (κ2) is 12.1. The summed E-state index contributed by atoms with van der Waals surface area (Å²) in [4.78, 5) is 37.6.